The molecule has 1 fully saturated rings. The summed E-state index contributed by atoms with van der Waals surface area (Å²) in [6.07, 6.45) is 7.39. The number of hydrogen-bond donors (Lipinski definition) is 2. The molecule has 0 aliphatic heterocycles. The Kier molecular flexibility index (Phi) is 5.28. The van der Waals surface area contributed by atoms with Crippen LogP contribution in [0.3, 0.4) is 0 Å². The zero-order chi connectivity index (χ0) is 13.7. The number of carboxylic acids is 1. The molecular weight excluding hydrogens is 258 g/mol. The number of benzene rings is 1. The third kappa shape index (κ3) is 3.98. The number of aromatic carboxylic acids is 1. The second-order valence-corrected chi connectivity index (χ2v) is 6.12. The number of thioether (sulfide) groups is 1. The van der Waals surface area contributed by atoms with Gasteiger partial charge in [0.15, 0.2) is 0 Å². The normalized spacial score (nSPS) is 23.2. The summed E-state index contributed by atoms with van der Waals surface area (Å²) in [7, 11) is 0. The van der Waals surface area contributed by atoms with Gasteiger partial charge in [-0.3, -0.25) is 0 Å². The van der Waals surface area contributed by atoms with Gasteiger partial charge < -0.3 is 10.4 Å². The van der Waals surface area contributed by atoms with Crippen molar-refractivity contribution in [2.24, 2.45) is 0 Å². The summed E-state index contributed by atoms with van der Waals surface area (Å²) < 4.78 is 0. The van der Waals surface area contributed by atoms with E-state index in [1.165, 1.54) is 25.7 Å². The average Bonchev–Trinajstić information content (AvgIpc) is 2.45. The summed E-state index contributed by atoms with van der Waals surface area (Å²) in [6, 6.07) is 7.72. The second-order valence-electron chi connectivity index (χ2n) is 5.05. The van der Waals surface area contributed by atoms with Crippen LogP contribution in [0.5, 0.6) is 0 Å². The van der Waals surface area contributed by atoms with Crippen LogP contribution in [0.2, 0.25) is 0 Å². The molecule has 1 aromatic carbocycles. The molecule has 1 aromatic rings. The standard InChI is InChI=1S/C15H21NO2S/c1-19-14-5-3-2-4-13(14)16-10-11-6-8-12(9-7-11)15(17)18/h6-9,13-14,16H,2-5,10H2,1H3,(H,17,18). The minimum atomic E-state index is -0.866. The zero-order valence-electron chi connectivity index (χ0n) is 11.3. The Morgan fingerprint density at radius 3 is 2.63 bits per heavy atom. The van der Waals surface area contributed by atoms with Crippen molar-refractivity contribution in [2.45, 2.75) is 43.5 Å². The number of carbonyl (C=O) groups is 1. The lowest BCUT2D eigenvalue weighted by molar-refractivity contribution is 0.0697. The van der Waals surface area contributed by atoms with Crippen LogP contribution >= 0.6 is 11.8 Å². The molecule has 2 atom stereocenters. The van der Waals surface area contributed by atoms with Crippen molar-refractivity contribution in [3.63, 3.8) is 0 Å². The average molecular weight is 279 g/mol. The van der Waals surface area contributed by atoms with E-state index in [9.17, 15) is 4.79 Å². The van der Waals surface area contributed by atoms with E-state index < -0.39 is 5.97 Å². The van der Waals surface area contributed by atoms with Crippen molar-refractivity contribution >= 4 is 17.7 Å². The lowest BCUT2D eigenvalue weighted by Gasteiger charge is -2.31. The van der Waals surface area contributed by atoms with E-state index in [-0.39, 0.29) is 0 Å². The molecule has 19 heavy (non-hydrogen) atoms. The molecule has 1 aliphatic rings. The van der Waals surface area contributed by atoms with Crippen LogP contribution in [0.4, 0.5) is 0 Å². The number of rotatable bonds is 5. The van der Waals surface area contributed by atoms with E-state index in [0.29, 0.717) is 16.9 Å². The van der Waals surface area contributed by atoms with E-state index in [1.54, 1.807) is 12.1 Å². The summed E-state index contributed by atoms with van der Waals surface area (Å²) in [5, 5.41) is 13.2. The van der Waals surface area contributed by atoms with Crippen LogP contribution in [-0.2, 0) is 6.54 Å². The molecule has 104 valence electrons. The molecule has 2 N–H and O–H groups in total. The zero-order valence-corrected chi connectivity index (χ0v) is 12.1. The van der Waals surface area contributed by atoms with Crippen molar-refractivity contribution in [1.29, 1.82) is 0 Å². The summed E-state index contributed by atoms with van der Waals surface area (Å²) in [4.78, 5) is 10.8. The van der Waals surface area contributed by atoms with E-state index in [0.717, 1.165) is 12.1 Å². The molecule has 2 rings (SSSR count). The molecule has 0 radical (unpaired) electrons. The monoisotopic (exact) mass is 279 g/mol. The molecule has 0 heterocycles. The molecule has 3 nitrogen and oxygen atoms in total. The Morgan fingerprint density at radius 2 is 2.00 bits per heavy atom. The fourth-order valence-electron chi connectivity index (χ4n) is 2.63. The minimum absolute atomic E-state index is 0.350. The first-order valence-electron chi connectivity index (χ1n) is 6.79. The van der Waals surface area contributed by atoms with E-state index >= 15 is 0 Å². The highest BCUT2D eigenvalue weighted by atomic mass is 32.2. The summed E-state index contributed by atoms with van der Waals surface area (Å²) in [5.74, 6) is -0.866. The molecule has 2 unspecified atom stereocenters. The van der Waals surface area contributed by atoms with Gasteiger partial charge in [-0.1, -0.05) is 25.0 Å². The number of carboxylic acid groups (broad SMARTS) is 1. The fraction of sp³-hybridized carbons (Fsp3) is 0.533. The summed E-state index contributed by atoms with van der Waals surface area (Å²) >= 11 is 1.96. The summed E-state index contributed by atoms with van der Waals surface area (Å²) in [6.45, 7) is 0.821. The van der Waals surface area contributed by atoms with Crippen LogP contribution in [-0.4, -0.2) is 28.6 Å². The van der Waals surface area contributed by atoms with Gasteiger partial charge in [-0.2, -0.15) is 11.8 Å². The highest BCUT2D eigenvalue weighted by molar-refractivity contribution is 7.99. The summed E-state index contributed by atoms with van der Waals surface area (Å²) in [5.41, 5.74) is 1.50. The van der Waals surface area contributed by atoms with Crippen LogP contribution in [0.15, 0.2) is 24.3 Å². The van der Waals surface area contributed by atoms with Gasteiger partial charge in [-0.05, 0) is 36.8 Å². The van der Waals surface area contributed by atoms with E-state index in [1.807, 2.05) is 23.9 Å². The van der Waals surface area contributed by atoms with Gasteiger partial charge in [0.2, 0.25) is 0 Å². The number of hydrogen-bond acceptors (Lipinski definition) is 3. The van der Waals surface area contributed by atoms with Gasteiger partial charge >= 0.3 is 5.97 Å². The van der Waals surface area contributed by atoms with Crippen molar-refractivity contribution < 1.29 is 9.90 Å². The maximum Gasteiger partial charge on any atom is 0.335 e. The molecule has 0 saturated heterocycles. The first-order chi connectivity index (χ1) is 9.20. The van der Waals surface area contributed by atoms with Gasteiger partial charge in [0.05, 0.1) is 5.56 Å². The van der Waals surface area contributed by atoms with Crippen molar-refractivity contribution in [1.82, 2.24) is 5.32 Å². The largest absolute Gasteiger partial charge is 0.478 e. The first-order valence-corrected chi connectivity index (χ1v) is 8.08. The lowest BCUT2D eigenvalue weighted by atomic mass is 9.94. The lowest BCUT2D eigenvalue weighted by Crippen LogP contribution is -2.39. The Morgan fingerprint density at radius 1 is 1.32 bits per heavy atom. The van der Waals surface area contributed by atoms with E-state index in [4.69, 9.17) is 5.11 Å². The van der Waals surface area contributed by atoms with Crippen LogP contribution in [0.25, 0.3) is 0 Å². The van der Waals surface area contributed by atoms with Crippen LogP contribution < -0.4 is 5.32 Å². The topological polar surface area (TPSA) is 49.3 Å². The molecule has 0 amide bonds. The molecule has 1 saturated carbocycles. The van der Waals surface area contributed by atoms with Crippen molar-refractivity contribution in [3.8, 4) is 0 Å². The molecule has 0 bridgehead atoms. The Labute approximate surface area is 118 Å². The quantitative estimate of drug-likeness (QED) is 0.869. The van der Waals surface area contributed by atoms with Gasteiger partial charge in [0.1, 0.15) is 0 Å². The maximum absolute atomic E-state index is 10.8. The maximum atomic E-state index is 10.8. The first kappa shape index (κ1) is 14.4. The smallest absolute Gasteiger partial charge is 0.335 e. The Bertz CT molecular complexity index is 419. The highest BCUT2D eigenvalue weighted by Crippen LogP contribution is 2.27. The fourth-order valence-corrected chi connectivity index (χ4v) is 3.59. The molecule has 1 aliphatic carbocycles. The van der Waals surface area contributed by atoms with Gasteiger partial charge in [-0.25, -0.2) is 4.79 Å². The Hall–Kier alpha value is -1.00. The third-order valence-electron chi connectivity index (χ3n) is 3.77. The van der Waals surface area contributed by atoms with E-state index in [2.05, 4.69) is 11.6 Å². The minimum Gasteiger partial charge on any atom is -0.478 e. The van der Waals surface area contributed by atoms with Crippen molar-refractivity contribution in [2.75, 3.05) is 6.26 Å². The van der Waals surface area contributed by atoms with Gasteiger partial charge in [0.25, 0.3) is 0 Å². The van der Waals surface area contributed by atoms with Crippen LogP contribution in [0.1, 0.15) is 41.6 Å². The van der Waals surface area contributed by atoms with Gasteiger partial charge in [0, 0.05) is 17.8 Å². The number of nitrogens with one attached hydrogen (secondary N) is 1. The van der Waals surface area contributed by atoms with Crippen molar-refractivity contribution in [3.05, 3.63) is 35.4 Å². The molecular formula is C15H21NO2S. The molecule has 0 spiro atoms. The van der Waals surface area contributed by atoms with Gasteiger partial charge in [-0.15, -0.1) is 0 Å². The third-order valence-corrected chi connectivity index (χ3v) is 4.94. The molecule has 4 heteroatoms. The highest BCUT2D eigenvalue weighted by Gasteiger charge is 2.23. The predicted octanol–water partition coefficient (Wildman–Crippen LogP) is 3.15. The molecule has 0 aromatic heterocycles. The van der Waals surface area contributed by atoms with Crippen LogP contribution in [0, 0.1) is 0 Å². The second kappa shape index (κ2) is 6.96. The Balaban J connectivity index is 1.88. The SMILES string of the molecule is CSC1CCCCC1NCc1ccc(C(=O)O)cc1. The predicted molar refractivity (Wildman–Crippen MR) is 79.8 cm³/mol.